The summed E-state index contributed by atoms with van der Waals surface area (Å²) in [7, 11) is 3.38. The number of hydrogen-bond donors (Lipinski definition) is 0. The number of aromatic nitrogens is 2. The molecule has 0 saturated heterocycles. The van der Waals surface area contributed by atoms with Crippen molar-refractivity contribution < 1.29 is 9.53 Å². The molecule has 0 bridgehead atoms. The van der Waals surface area contributed by atoms with E-state index < -0.39 is 5.92 Å². The fraction of sp³-hybridized carbons (Fsp3) is 0.160. The normalized spacial score (nSPS) is 15.4. The molecule has 1 aliphatic rings. The van der Waals surface area contributed by atoms with Crippen molar-refractivity contribution in [2.45, 2.75) is 12.3 Å². The quantitative estimate of drug-likeness (QED) is 0.514. The first kappa shape index (κ1) is 19.1. The van der Waals surface area contributed by atoms with Gasteiger partial charge in [0.2, 0.25) is 5.91 Å². The van der Waals surface area contributed by atoms with E-state index in [4.69, 9.17) is 9.72 Å². The van der Waals surface area contributed by atoms with Gasteiger partial charge in [0.25, 0.3) is 5.56 Å². The third-order valence-corrected chi connectivity index (χ3v) is 5.86. The fourth-order valence-corrected chi connectivity index (χ4v) is 4.27. The van der Waals surface area contributed by atoms with Crippen LogP contribution in [-0.2, 0) is 11.2 Å². The Morgan fingerprint density at radius 3 is 2.42 bits per heavy atom. The summed E-state index contributed by atoms with van der Waals surface area (Å²) in [5.41, 5.74) is 3.01. The number of amides is 1. The van der Waals surface area contributed by atoms with Crippen LogP contribution in [0.15, 0.2) is 77.6 Å². The number of para-hydroxylation sites is 2. The smallest absolute Gasteiger partial charge is 0.265 e. The third kappa shape index (κ3) is 3.08. The van der Waals surface area contributed by atoms with Gasteiger partial charge in [0.1, 0.15) is 11.6 Å². The predicted molar refractivity (Wildman–Crippen MR) is 120 cm³/mol. The first-order valence-corrected chi connectivity index (χ1v) is 10.1. The Hall–Kier alpha value is -3.93. The first-order valence-electron chi connectivity index (χ1n) is 10.1. The van der Waals surface area contributed by atoms with Crippen LogP contribution in [-0.4, -0.2) is 29.6 Å². The highest BCUT2D eigenvalue weighted by molar-refractivity contribution is 6.04. The lowest BCUT2D eigenvalue weighted by molar-refractivity contribution is -0.119. The van der Waals surface area contributed by atoms with Gasteiger partial charge in [-0.05, 0) is 48.0 Å². The van der Waals surface area contributed by atoms with Crippen molar-refractivity contribution in [1.82, 2.24) is 9.55 Å². The van der Waals surface area contributed by atoms with Gasteiger partial charge >= 0.3 is 0 Å². The van der Waals surface area contributed by atoms with Gasteiger partial charge < -0.3 is 9.64 Å². The summed E-state index contributed by atoms with van der Waals surface area (Å²) in [6, 6.07) is 22.3. The molecule has 6 nitrogen and oxygen atoms in total. The van der Waals surface area contributed by atoms with Crippen LogP contribution in [0, 0.1) is 0 Å². The molecule has 1 aromatic heterocycles. The highest BCUT2D eigenvalue weighted by atomic mass is 16.5. The van der Waals surface area contributed by atoms with Crippen molar-refractivity contribution in [3.63, 3.8) is 0 Å². The van der Waals surface area contributed by atoms with E-state index in [2.05, 4.69) is 0 Å². The maximum absolute atomic E-state index is 13.5. The number of rotatable bonds is 4. The Kier molecular flexibility index (Phi) is 4.55. The van der Waals surface area contributed by atoms with Crippen LogP contribution < -0.4 is 15.2 Å². The van der Waals surface area contributed by atoms with Crippen molar-refractivity contribution >= 4 is 22.5 Å². The fourth-order valence-electron chi connectivity index (χ4n) is 4.27. The predicted octanol–water partition coefficient (Wildman–Crippen LogP) is 3.70. The van der Waals surface area contributed by atoms with Crippen LogP contribution in [0.4, 0.5) is 5.69 Å². The maximum atomic E-state index is 13.5. The molecule has 0 radical (unpaired) electrons. The Morgan fingerprint density at radius 2 is 1.65 bits per heavy atom. The van der Waals surface area contributed by atoms with Crippen LogP contribution in [0.1, 0.15) is 17.3 Å². The number of benzene rings is 3. The minimum atomic E-state index is -0.390. The van der Waals surface area contributed by atoms with Crippen molar-refractivity contribution in [1.29, 1.82) is 0 Å². The molecule has 0 fully saturated rings. The summed E-state index contributed by atoms with van der Waals surface area (Å²) in [6.45, 7) is 0. The summed E-state index contributed by atoms with van der Waals surface area (Å²) in [5.74, 6) is 0.870. The second-order valence-electron chi connectivity index (χ2n) is 7.60. The number of fused-ring (bicyclic) bond motifs is 2. The molecule has 1 aliphatic heterocycles. The van der Waals surface area contributed by atoms with E-state index in [1.54, 1.807) is 29.7 Å². The summed E-state index contributed by atoms with van der Waals surface area (Å²) in [5, 5.41) is 0.539. The molecule has 3 aromatic carbocycles. The van der Waals surface area contributed by atoms with Crippen molar-refractivity contribution in [3.05, 3.63) is 94.5 Å². The summed E-state index contributed by atoms with van der Waals surface area (Å²) < 4.78 is 6.86. The molecule has 0 spiro atoms. The Labute approximate surface area is 179 Å². The molecule has 1 amide bonds. The molecular formula is C25H21N3O3. The molecular weight excluding hydrogens is 390 g/mol. The van der Waals surface area contributed by atoms with E-state index in [1.807, 2.05) is 66.7 Å². The summed E-state index contributed by atoms with van der Waals surface area (Å²) in [6.07, 6.45) is 0.326. The van der Waals surface area contributed by atoms with Gasteiger partial charge in [0.15, 0.2) is 0 Å². The van der Waals surface area contributed by atoms with Gasteiger partial charge in [0.05, 0.1) is 29.6 Å². The Morgan fingerprint density at radius 1 is 0.935 bits per heavy atom. The van der Waals surface area contributed by atoms with E-state index in [0.29, 0.717) is 34.6 Å². The lowest BCUT2D eigenvalue weighted by atomic mass is 9.96. The van der Waals surface area contributed by atoms with Gasteiger partial charge in [-0.3, -0.25) is 14.2 Å². The van der Waals surface area contributed by atoms with Gasteiger partial charge in [-0.1, -0.05) is 30.3 Å². The molecule has 4 aromatic rings. The van der Waals surface area contributed by atoms with Gasteiger partial charge in [0, 0.05) is 19.2 Å². The van der Waals surface area contributed by atoms with E-state index in [1.165, 1.54) is 0 Å². The van der Waals surface area contributed by atoms with Crippen LogP contribution in [0.2, 0.25) is 0 Å². The number of carbonyl (C=O) groups is 1. The molecule has 5 rings (SSSR count). The zero-order chi connectivity index (χ0) is 21.5. The third-order valence-electron chi connectivity index (χ3n) is 5.86. The lowest BCUT2D eigenvalue weighted by Gasteiger charge is -2.17. The number of likely N-dealkylation sites (N-methyl/N-ethyl adjacent to an activating group) is 1. The van der Waals surface area contributed by atoms with E-state index in [0.717, 1.165) is 11.3 Å². The number of carbonyl (C=O) groups excluding carboxylic acids is 1. The van der Waals surface area contributed by atoms with E-state index in [-0.39, 0.29) is 11.5 Å². The highest BCUT2D eigenvalue weighted by Gasteiger charge is 2.36. The lowest BCUT2D eigenvalue weighted by Crippen LogP contribution is -2.29. The average molecular weight is 411 g/mol. The topological polar surface area (TPSA) is 64.4 Å². The second-order valence-corrected chi connectivity index (χ2v) is 7.60. The van der Waals surface area contributed by atoms with Crippen LogP contribution in [0.3, 0.4) is 0 Å². The molecule has 2 heterocycles. The standard InChI is InChI=1S/C25H21N3O3/c1-27-22-10-6-4-7-18(22)20(24(27)29)15-23-26-21-9-5-3-8-19(21)25(30)28(23)16-11-13-17(31-2)14-12-16/h3-14,20H,15H2,1-2H3/t20-/m0/s1. The van der Waals surface area contributed by atoms with Gasteiger partial charge in [-0.15, -0.1) is 0 Å². The van der Waals surface area contributed by atoms with Crippen LogP contribution >= 0.6 is 0 Å². The van der Waals surface area contributed by atoms with Gasteiger partial charge in [-0.25, -0.2) is 4.98 Å². The van der Waals surface area contributed by atoms with Crippen LogP contribution in [0.5, 0.6) is 5.75 Å². The first-order chi connectivity index (χ1) is 15.1. The molecule has 0 N–H and O–H groups in total. The summed E-state index contributed by atoms with van der Waals surface area (Å²) in [4.78, 5) is 33.0. The van der Waals surface area contributed by atoms with E-state index in [9.17, 15) is 9.59 Å². The largest absolute Gasteiger partial charge is 0.497 e. The minimum Gasteiger partial charge on any atom is -0.497 e. The number of ether oxygens (including phenoxy) is 1. The molecule has 0 aliphatic carbocycles. The number of hydrogen-bond acceptors (Lipinski definition) is 4. The molecule has 1 atom stereocenters. The molecule has 0 unspecified atom stereocenters. The van der Waals surface area contributed by atoms with Crippen molar-refractivity contribution in [2.24, 2.45) is 0 Å². The second kappa shape index (κ2) is 7.40. The number of anilines is 1. The summed E-state index contributed by atoms with van der Waals surface area (Å²) >= 11 is 0. The van der Waals surface area contributed by atoms with E-state index >= 15 is 0 Å². The zero-order valence-electron chi connectivity index (χ0n) is 17.3. The number of nitrogens with zero attached hydrogens (tertiary/aromatic N) is 3. The highest BCUT2D eigenvalue weighted by Crippen LogP contribution is 2.38. The molecule has 31 heavy (non-hydrogen) atoms. The minimum absolute atomic E-state index is 0.00453. The zero-order valence-corrected chi connectivity index (χ0v) is 17.3. The maximum Gasteiger partial charge on any atom is 0.265 e. The number of methoxy groups -OCH3 is 1. The van der Waals surface area contributed by atoms with Crippen molar-refractivity contribution in [3.8, 4) is 11.4 Å². The molecule has 6 heteroatoms. The molecule has 0 saturated carbocycles. The Balaban J connectivity index is 1.69. The average Bonchev–Trinajstić information content (AvgIpc) is 3.04. The Bertz CT molecular complexity index is 1360. The molecule has 154 valence electrons. The monoisotopic (exact) mass is 411 g/mol. The SMILES string of the molecule is COc1ccc(-n2c(C[C@@H]3C(=O)N(C)c4ccccc43)nc3ccccc3c2=O)cc1. The van der Waals surface area contributed by atoms with Gasteiger partial charge in [-0.2, -0.15) is 0 Å². The van der Waals surface area contributed by atoms with Crippen LogP contribution in [0.25, 0.3) is 16.6 Å². The van der Waals surface area contributed by atoms with Crippen molar-refractivity contribution in [2.75, 3.05) is 19.1 Å².